The van der Waals surface area contributed by atoms with Crippen molar-refractivity contribution in [3.63, 3.8) is 0 Å². The van der Waals surface area contributed by atoms with Crippen molar-refractivity contribution < 1.29 is 23.7 Å². The second-order valence-electron chi connectivity index (χ2n) is 11.3. The van der Waals surface area contributed by atoms with Gasteiger partial charge in [0.15, 0.2) is 23.0 Å². The first-order chi connectivity index (χ1) is 21.8. The van der Waals surface area contributed by atoms with Gasteiger partial charge in [-0.2, -0.15) is 0 Å². The number of hydrogen-bond donors (Lipinski definition) is 0. The average Bonchev–Trinajstić information content (AvgIpc) is 3.72. The predicted molar refractivity (Wildman–Crippen MR) is 170 cm³/mol. The van der Waals surface area contributed by atoms with Crippen molar-refractivity contribution in [3.05, 3.63) is 138 Å². The fourth-order valence-electron chi connectivity index (χ4n) is 6.98. The Bertz CT molecular complexity index is 2060. The molecule has 3 heterocycles. The molecule has 2 unspecified atom stereocenters. The summed E-state index contributed by atoms with van der Waals surface area (Å²) in [6, 6.07) is 42.3. The number of hydrogen-bond acceptors (Lipinski definition) is 5. The van der Waals surface area contributed by atoms with Gasteiger partial charge >= 0.3 is 0 Å². The zero-order chi connectivity index (χ0) is 29.0. The number of fused-ring (bicyclic) bond motifs is 4. The molecular weight excluding hydrogens is 548 g/mol. The molecule has 3 aliphatic heterocycles. The van der Waals surface area contributed by atoms with E-state index in [1.54, 1.807) is 0 Å². The van der Waals surface area contributed by atoms with Crippen LogP contribution >= 0.6 is 0 Å². The van der Waals surface area contributed by atoms with Gasteiger partial charge in [0.1, 0.15) is 25.1 Å². The first-order valence-corrected chi connectivity index (χ1v) is 15.0. The number of benzene rings is 6. The van der Waals surface area contributed by atoms with E-state index in [9.17, 15) is 0 Å². The summed E-state index contributed by atoms with van der Waals surface area (Å²) in [7, 11) is 0. The normalized spacial score (nSPS) is 17.7. The summed E-state index contributed by atoms with van der Waals surface area (Å²) in [6.45, 7) is 1.23. The van der Waals surface area contributed by atoms with Crippen molar-refractivity contribution in [1.29, 1.82) is 0 Å². The molecule has 0 aromatic heterocycles. The summed E-state index contributed by atoms with van der Waals surface area (Å²) in [6.07, 6.45) is -0.352. The lowest BCUT2D eigenvalue weighted by atomic mass is 9.80. The second-order valence-corrected chi connectivity index (χ2v) is 11.3. The maximum Gasteiger partial charge on any atom is 0.231 e. The summed E-state index contributed by atoms with van der Waals surface area (Å²) in [4.78, 5) is 0. The zero-order valence-corrected chi connectivity index (χ0v) is 23.9. The Kier molecular flexibility index (Phi) is 5.76. The lowest BCUT2D eigenvalue weighted by Crippen LogP contribution is -2.20. The Balaban J connectivity index is 1.29. The molecule has 6 aromatic rings. The first kappa shape index (κ1) is 25.1. The third kappa shape index (κ3) is 3.93. The molecule has 6 aromatic carbocycles. The molecule has 44 heavy (non-hydrogen) atoms. The average molecular weight is 577 g/mol. The van der Waals surface area contributed by atoms with Gasteiger partial charge in [0.2, 0.25) is 6.79 Å². The predicted octanol–water partition coefficient (Wildman–Crippen LogP) is 8.94. The molecule has 9 rings (SSSR count). The molecule has 0 saturated carbocycles. The maximum atomic E-state index is 6.97. The van der Waals surface area contributed by atoms with Crippen LogP contribution in [-0.4, -0.2) is 20.0 Å². The molecule has 0 bridgehead atoms. The standard InChI is InChI=1S/C39H28O5/c1-2-10-26-24(8-1)9-7-14-29(26)36-31-13-5-6-15-32(31)44-39(36)37-30(17-19-34-38(37)41-21-20-40-34)28-12-4-3-11-27(28)25-16-18-33-35(22-25)43-23-42-33/h1-19,22,36,39H,20-21,23H2. The SMILES string of the molecule is c1ccc2c(c1)OC(c1c(-c3ccccc3-c3ccc4c(c3)OCO4)ccc3c1OCCO3)C2c1cccc2ccccc12. The Labute approximate surface area is 255 Å². The van der Waals surface area contributed by atoms with Crippen LogP contribution in [0, 0.1) is 0 Å². The highest BCUT2D eigenvalue weighted by Gasteiger charge is 2.41. The Morgan fingerprint density at radius 2 is 1.25 bits per heavy atom. The van der Waals surface area contributed by atoms with Crippen LogP contribution in [0.2, 0.25) is 0 Å². The van der Waals surface area contributed by atoms with Crippen molar-refractivity contribution in [2.45, 2.75) is 12.0 Å². The third-order valence-electron chi connectivity index (χ3n) is 8.90. The van der Waals surface area contributed by atoms with Crippen LogP contribution in [0.4, 0.5) is 0 Å². The minimum Gasteiger partial charge on any atom is -0.486 e. The molecule has 3 aliphatic rings. The van der Waals surface area contributed by atoms with Gasteiger partial charge in [-0.1, -0.05) is 91.0 Å². The Hall–Kier alpha value is -5.42. The van der Waals surface area contributed by atoms with E-state index in [2.05, 4.69) is 103 Å². The van der Waals surface area contributed by atoms with Crippen LogP contribution in [0.5, 0.6) is 28.7 Å². The number of para-hydroxylation sites is 1. The molecule has 0 fully saturated rings. The largest absolute Gasteiger partial charge is 0.486 e. The van der Waals surface area contributed by atoms with E-state index in [1.165, 1.54) is 16.3 Å². The second kappa shape index (κ2) is 10.1. The Morgan fingerprint density at radius 1 is 0.500 bits per heavy atom. The summed E-state index contributed by atoms with van der Waals surface area (Å²) in [5.74, 6) is 3.83. The molecule has 2 atom stereocenters. The van der Waals surface area contributed by atoms with Crippen LogP contribution in [-0.2, 0) is 0 Å². The van der Waals surface area contributed by atoms with Gasteiger partial charge in [-0.05, 0) is 68.9 Å². The van der Waals surface area contributed by atoms with Gasteiger partial charge in [0.25, 0.3) is 0 Å². The fraction of sp³-hybridized carbons (Fsp3) is 0.128. The van der Waals surface area contributed by atoms with Crippen LogP contribution in [0.3, 0.4) is 0 Å². The Morgan fingerprint density at radius 3 is 2.23 bits per heavy atom. The molecule has 0 saturated heterocycles. The van der Waals surface area contributed by atoms with Gasteiger partial charge in [0.05, 0.1) is 5.92 Å². The third-order valence-corrected chi connectivity index (χ3v) is 8.90. The molecule has 5 heteroatoms. The molecule has 0 amide bonds. The van der Waals surface area contributed by atoms with Crippen molar-refractivity contribution >= 4 is 10.8 Å². The highest BCUT2D eigenvalue weighted by molar-refractivity contribution is 5.89. The molecule has 0 spiro atoms. The molecule has 0 radical (unpaired) electrons. The van der Waals surface area contributed by atoms with Crippen molar-refractivity contribution in [2.75, 3.05) is 20.0 Å². The highest BCUT2D eigenvalue weighted by Crippen LogP contribution is 2.56. The molecule has 214 valence electrons. The fourth-order valence-corrected chi connectivity index (χ4v) is 6.98. The van der Waals surface area contributed by atoms with E-state index in [0.29, 0.717) is 13.2 Å². The number of ether oxygens (including phenoxy) is 5. The van der Waals surface area contributed by atoms with E-state index >= 15 is 0 Å². The zero-order valence-electron chi connectivity index (χ0n) is 23.9. The van der Waals surface area contributed by atoms with E-state index in [-0.39, 0.29) is 18.8 Å². The van der Waals surface area contributed by atoms with E-state index in [4.69, 9.17) is 23.7 Å². The molecular formula is C39H28O5. The van der Waals surface area contributed by atoms with Gasteiger partial charge in [0, 0.05) is 11.1 Å². The van der Waals surface area contributed by atoms with Crippen molar-refractivity contribution in [3.8, 4) is 51.0 Å². The first-order valence-electron chi connectivity index (χ1n) is 15.0. The molecule has 0 N–H and O–H groups in total. The van der Waals surface area contributed by atoms with Crippen molar-refractivity contribution in [1.82, 2.24) is 0 Å². The minimum atomic E-state index is -0.352. The van der Waals surface area contributed by atoms with E-state index < -0.39 is 0 Å². The minimum absolute atomic E-state index is 0.0641. The summed E-state index contributed by atoms with van der Waals surface area (Å²) >= 11 is 0. The van der Waals surface area contributed by atoms with E-state index in [1.807, 2.05) is 18.2 Å². The van der Waals surface area contributed by atoms with Gasteiger partial charge in [-0.25, -0.2) is 0 Å². The molecule has 5 nitrogen and oxygen atoms in total. The van der Waals surface area contributed by atoms with Crippen LogP contribution in [0.1, 0.15) is 28.7 Å². The maximum absolute atomic E-state index is 6.97. The van der Waals surface area contributed by atoms with Crippen LogP contribution in [0.25, 0.3) is 33.0 Å². The quantitative estimate of drug-likeness (QED) is 0.210. The van der Waals surface area contributed by atoms with Gasteiger partial charge < -0.3 is 23.7 Å². The lowest BCUT2D eigenvalue weighted by molar-refractivity contribution is 0.158. The monoisotopic (exact) mass is 576 g/mol. The smallest absolute Gasteiger partial charge is 0.231 e. The van der Waals surface area contributed by atoms with Crippen LogP contribution < -0.4 is 23.7 Å². The summed E-state index contributed by atoms with van der Waals surface area (Å²) in [5.41, 5.74) is 7.64. The lowest BCUT2D eigenvalue weighted by Gasteiger charge is -2.29. The number of rotatable bonds is 4. The highest BCUT2D eigenvalue weighted by atomic mass is 16.7. The summed E-state index contributed by atoms with van der Waals surface area (Å²) < 4.78 is 30.9. The topological polar surface area (TPSA) is 46.2 Å². The van der Waals surface area contributed by atoms with E-state index in [0.717, 1.165) is 62.1 Å². The van der Waals surface area contributed by atoms with Gasteiger partial charge in [-0.3, -0.25) is 0 Å². The van der Waals surface area contributed by atoms with Gasteiger partial charge in [-0.15, -0.1) is 0 Å². The van der Waals surface area contributed by atoms with Crippen molar-refractivity contribution in [2.24, 2.45) is 0 Å². The van der Waals surface area contributed by atoms with Crippen LogP contribution in [0.15, 0.2) is 121 Å². The summed E-state index contributed by atoms with van der Waals surface area (Å²) in [5, 5.41) is 2.42. The molecule has 0 aliphatic carbocycles.